The van der Waals surface area contributed by atoms with E-state index in [9.17, 15) is 19.2 Å². The number of amides is 5. The number of urea groups is 1. The molecule has 11 heteroatoms. The maximum Gasteiger partial charge on any atom is 0.319 e. The molecule has 0 unspecified atom stereocenters. The van der Waals surface area contributed by atoms with Crippen molar-refractivity contribution in [2.45, 2.75) is 43.8 Å². The molecule has 0 spiro atoms. The summed E-state index contributed by atoms with van der Waals surface area (Å²) in [5, 5.41) is 11.0. The third-order valence-corrected chi connectivity index (χ3v) is 9.03. The van der Waals surface area contributed by atoms with Crippen LogP contribution in [-0.4, -0.2) is 85.5 Å². The number of fused-ring (bicyclic) bond motifs is 4. The minimum absolute atomic E-state index is 0.114. The predicted molar refractivity (Wildman–Crippen MR) is 187 cm³/mol. The predicted octanol–water partition coefficient (Wildman–Crippen LogP) is 4.61. The van der Waals surface area contributed by atoms with Gasteiger partial charge in [-0.25, -0.2) is 4.79 Å². The molecule has 4 aromatic carbocycles. The van der Waals surface area contributed by atoms with Gasteiger partial charge < -0.3 is 35.2 Å². The molecular formula is C38H41N5O6. The van der Waals surface area contributed by atoms with E-state index in [1.54, 1.807) is 72.5 Å². The fourth-order valence-electron chi connectivity index (χ4n) is 6.51. The number of carbonyl (C=O) groups excluding carboxylic acids is 4. The van der Waals surface area contributed by atoms with E-state index >= 15 is 0 Å². The van der Waals surface area contributed by atoms with E-state index in [4.69, 9.17) is 9.47 Å². The molecule has 0 saturated carbocycles. The first-order valence-electron chi connectivity index (χ1n) is 16.5. The summed E-state index contributed by atoms with van der Waals surface area (Å²) in [5.74, 6) is 0.448. The molecule has 1 fully saturated rings. The van der Waals surface area contributed by atoms with E-state index in [0.29, 0.717) is 48.6 Å². The van der Waals surface area contributed by atoms with Crippen molar-refractivity contribution < 1.29 is 28.7 Å². The zero-order chi connectivity index (χ0) is 34.3. The van der Waals surface area contributed by atoms with Crippen LogP contribution in [-0.2, 0) is 16.0 Å². The lowest BCUT2D eigenvalue weighted by molar-refractivity contribution is -0.137. The van der Waals surface area contributed by atoms with Crippen molar-refractivity contribution in [1.82, 2.24) is 20.4 Å². The van der Waals surface area contributed by atoms with E-state index in [1.807, 2.05) is 42.5 Å². The Balaban J connectivity index is 1.20. The minimum atomic E-state index is -0.830. The smallest absolute Gasteiger partial charge is 0.319 e. The molecule has 2 aliphatic rings. The van der Waals surface area contributed by atoms with Gasteiger partial charge in [0.05, 0.1) is 25.6 Å². The van der Waals surface area contributed by atoms with Crippen LogP contribution in [0.2, 0.25) is 0 Å². The van der Waals surface area contributed by atoms with Crippen LogP contribution in [0.5, 0.6) is 11.5 Å². The van der Waals surface area contributed by atoms with Gasteiger partial charge in [-0.15, -0.1) is 0 Å². The van der Waals surface area contributed by atoms with Crippen molar-refractivity contribution in [3.05, 3.63) is 102 Å². The van der Waals surface area contributed by atoms with Gasteiger partial charge in [-0.2, -0.15) is 0 Å². The number of hydrogen-bond acceptors (Lipinski definition) is 6. The molecule has 0 radical (unpaired) electrons. The summed E-state index contributed by atoms with van der Waals surface area (Å²) in [5.41, 5.74) is 1.92. The minimum Gasteiger partial charge on any atom is -0.497 e. The average molecular weight is 664 g/mol. The molecule has 0 aromatic heterocycles. The van der Waals surface area contributed by atoms with E-state index in [0.717, 1.165) is 16.3 Å². The van der Waals surface area contributed by atoms with Crippen LogP contribution < -0.4 is 25.4 Å². The fourth-order valence-corrected chi connectivity index (χ4v) is 6.51. The Bertz CT molecular complexity index is 1850. The molecular weight excluding hydrogens is 622 g/mol. The summed E-state index contributed by atoms with van der Waals surface area (Å²) in [6, 6.07) is 25.9. The number of nitrogens with one attached hydrogen (secondary N) is 3. The molecule has 6 rings (SSSR count). The zero-order valence-corrected chi connectivity index (χ0v) is 27.7. The second-order valence-corrected chi connectivity index (χ2v) is 12.6. The quantitative estimate of drug-likeness (QED) is 0.277. The van der Waals surface area contributed by atoms with Crippen LogP contribution in [0.1, 0.15) is 35.2 Å². The first kappa shape index (κ1) is 33.3. The number of benzene rings is 4. The van der Waals surface area contributed by atoms with Crippen molar-refractivity contribution in [2.75, 3.05) is 39.2 Å². The normalized spacial score (nSPS) is 19.8. The Morgan fingerprint density at radius 3 is 2.57 bits per heavy atom. The number of methoxy groups -OCH3 is 1. The van der Waals surface area contributed by atoms with Gasteiger partial charge in [0.25, 0.3) is 5.91 Å². The highest BCUT2D eigenvalue weighted by Gasteiger charge is 2.39. The van der Waals surface area contributed by atoms with Crippen molar-refractivity contribution in [3.63, 3.8) is 0 Å². The molecule has 11 nitrogen and oxygen atoms in total. The summed E-state index contributed by atoms with van der Waals surface area (Å²) >= 11 is 0. The molecule has 2 heterocycles. The molecule has 2 aliphatic heterocycles. The maximum absolute atomic E-state index is 14.3. The first-order chi connectivity index (χ1) is 23.7. The average Bonchev–Trinajstić information content (AvgIpc) is 3.51. The van der Waals surface area contributed by atoms with Crippen molar-refractivity contribution in [3.8, 4) is 11.5 Å². The van der Waals surface area contributed by atoms with Gasteiger partial charge in [0.2, 0.25) is 11.8 Å². The summed E-state index contributed by atoms with van der Waals surface area (Å²) in [4.78, 5) is 57.3. The molecule has 0 aliphatic carbocycles. The summed E-state index contributed by atoms with van der Waals surface area (Å²) < 4.78 is 11.4. The van der Waals surface area contributed by atoms with Gasteiger partial charge in [-0.1, -0.05) is 54.6 Å². The zero-order valence-electron chi connectivity index (χ0n) is 27.7. The summed E-state index contributed by atoms with van der Waals surface area (Å²) in [6.07, 6.45) is 1.38. The van der Waals surface area contributed by atoms with Crippen LogP contribution in [0.15, 0.2) is 91.0 Å². The third-order valence-electron chi connectivity index (χ3n) is 9.03. The Hall–Kier alpha value is -5.58. The fraction of sp³-hybridized carbons (Fsp3) is 0.316. The van der Waals surface area contributed by atoms with Crippen LogP contribution in [0.4, 0.5) is 10.5 Å². The highest BCUT2D eigenvalue weighted by molar-refractivity contribution is 5.94. The van der Waals surface area contributed by atoms with Crippen molar-refractivity contribution in [1.29, 1.82) is 0 Å². The maximum atomic E-state index is 14.3. The third kappa shape index (κ3) is 8.29. The van der Waals surface area contributed by atoms with E-state index < -0.39 is 12.1 Å². The number of hydrogen-bond donors (Lipinski definition) is 3. The van der Waals surface area contributed by atoms with Gasteiger partial charge in [-0.3, -0.25) is 14.4 Å². The van der Waals surface area contributed by atoms with Gasteiger partial charge in [0.1, 0.15) is 24.1 Å². The molecule has 1 saturated heterocycles. The number of rotatable bonds is 6. The SMILES string of the molecule is COc1cccc(NC(=O)N[C@H]2C[C@H]3COc4cccc(c4)C(=O)N(C)CCC[C@H](NC(=O)Cc4ccc5ccccc5c4)C(=O)N3C2)c1. The van der Waals surface area contributed by atoms with Crippen LogP contribution >= 0.6 is 0 Å². The highest BCUT2D eigenvalue weighted by Crippen LogP contribution is 2.24. The van der Waals surface area contributed by atoms with E-state index in [1.165, 1.54) is 0 Å². The largest absolute Gasteiger partial charge is 0.497 e. The Morgan fingerprint density at radius 2 is 1.73 bits per heavy atom. The Labute approximate surface area is 285 Å². The second kappa shape index (κ2) is 15.1. The monoisotopic (exact) mass is 663 g/mol. The molecule has 49 heavy (non-hydrogen) atoms. The van der Waals surface area contributed by atoms with E-state index in [-0.39, 0.29) is 49.4 Å². The molecule has 2 bridgehead atoms. The van der Waals surface area contributed by atoms with Crippen LogP contribution in [0.25, 0.3) is 10.8 Å². The van der Waals surface area contributed by atoms with Gasteiger partial charge in [0, 0.05) is 37.5 Å². The van der Waals surface area contributed by atoms with Crippen LogP contribution in [0, 0.1) is 0 Å². The summed E-state index contributed by atoms with van der Waals surface area (Å²) in [7, 11) is 3.28. The van der Waals surface area contributed by atoms with Crippen molar-refractivity contribution >= 4 is 40.2 Å². The van der Waals surface area contributed by atoms with E-state index in [2.05, 4.69) is 16.0 Å². The van der Waals surface area contributed by atoms with Gasteiger partial charge in [0.15, 0.2) is 0 Å². The van der Waals surface area contributed by atoms with Gasteiger partial charge in [-0.05, 0) is 65.9 Å². The second-order valence-electron chi connectivity index (χ2n) is 12.6. The molecule has 254 valence electrons. The molecule has 4 aromatic rings. The summed E-state index contributed by atoms with van der Waals surface area (Å²) in [6.45, 7) is 0.785. The molecule has 5 amide bonds. The number of ether oxygens (including phenoxy) is 2. The van der Waals surface area contributed by atoms with Gasteiger partial charge >= 0.3 is 6.03 Å². The lowest BCUT2D eigenvalue weighted by atomic mass is 10.0. The number of anilines is 1. The number of nitrogens with zero attached hydrogens (tertiary/aromatic N) is 2. The highest BCUT2D eigenvalue weighted by atomic mass is 16.5. The number of carbonyl (C=O) groups is 4. The standard InChI is InChI=1S/C38H41N5O6/c1-42-17-7-14-34(41-35(44)19-25-15-16-26-8-3-4-9-27(26)18-25)37(46)43-23-30(40-38(47)39-29-11-6-12-32(22-29)48-2)21-31(43)24-49-33-13-5-10-28(20-33)36(42)45/h3-6,8-13,15-16,18,20,22,30-31,34H,7,14,17,19,21,23-24H2,1-2H3,(H,41,44)(H2,39,40,47)/t30-,31-,34-/m0/s1. The molecule has 3 N–H and O–H groups in total. The Kier molecular flexibility index (Phi) is 10.3. The Morgan fingerprint density at radius 1 is 0.918 bits per heavy atom. The molecule has 3 atom stereocenters. The topological polar surface area (TPSA) is 129 Å². The van der Waals surface area contributed by atoms with Crippen LogP contribution in [0.3, 0.4) is 0 Å². The lowest BCUT2D eigenvalue weighted by Crippen LogP contribution is -2.52. The van der Waals surface area contributed by atoms with Crippen molar-refractivity contribution in [2.24, 2.45) is 0 Å². The lowest BCUT2D eigenvalue weighted by Gasteiger charge is -2.30. The first-order valence-corrected chi connectivity index (χ1v) is 16.5.